The van der Waals surface area contributed by atoms with Gasteiger partial charge in [-0.1, -0.05) is 19.9 Å². The number of piperidine rings is 1. The molecular weight excluding hydrogens is 511 g/mol. The van der Waals surface area contributed by atoms with Crippen LogP contribution in [0.25, 0.3) is 16.7 Å². The molecule has 0 spiro atoms. The van der Waals surface area contributed by atoms with Gasteiger partial charge in [0.25, 0.3) is 11.5 Å². The largest absolute Gasteiger partial charge is 0.367 e. The standard InChI is InChI=1S/C27H26F3N7O2/c1-12(2)26-33-22-24(35(26)3)17(30)9-19(25(22)36-10-13-14(11-36)21(13)31)32-27(39)18-7-8-20(38)37(34-18)23-15(28)5-4-6-16(23)29/h4-9,12-14,21H,10-11,31H2,1-3H3,(H,32,39)/t13-,14+,21?. The number of hydrogen-bond acceptors (Lipinski definition) is 6. The summed E-state index contributed by atoms with van der Waals surface area (Å²) in [4.78, 5) is 32.5. The third-order valence-electron chi connectivity index (χ3n) is 7.63. The van der Waals surface area contributed by atoms with Gasteiger partial charge >= 0.3 is 0 Å². The number of carbonyl (C=O) groups is 1. The third kappa shape index (κ3) is 3.97. The number of anilines is 2. The van der Waals surface area contributed by atoms with Crippen molar-refractivity contribution in [3.63, 3.8) is 0 Å². The van der Waals surface area contributed by atoms with E-state index in [2.05, 4.69) is 15.3 Å². The first kappa shape index (κ1) is 25.1. The molecule has 9 nitrogen and oxygen atoms in total. The molecule has 2 aromatic carbocycles. The molecule has 6 rings (SSSR count). The Hall–Kier alpha value is -4.19. The summed E-state index contributed by atoms with van der Waals surface area (Å²) in [7, 11) is 1.75. The lowest BCUT2D eigenvalue weighted by Crippen LogP contribution is -2.30. The minimum absolute atomic E-state index is 0.0251. The second kappa shape index (κ2) is 8.94. The zero-order valence-electron chi connectivity index (χ0n) is 21.5. The number of imidazole rings is 1. The molecule has 202 valence electrons. The summed E-state index contributed by atoms with van der Waals surface area (Å²) in [5, 5.41) is 6.61. The Morgan fingerprint density at radius 1 is 1.05 bits per heavy atom. The summed E-state index contributed by atoms with van der Waals surface area (Å²) in [6.07, 6.45) is 0. The van der Waals surface area contributed by atoms with Gasteiger partial charge < -0.3 is 20.5 Å². The highest BCUT2D eigenvalue weighted by atomic mass is 19.1. The summed E-state index contributed by atoms with van der Waals surface area (Å²) in [5.41, 5.74) is 5.79. The number of rotatable bonds is 5. The minimum atomic E-state index is -1.01. The lowest BCUT2D eigenvalue weighted by atomic mass is 10.1. The SMILES string of the molecule is CC(C)c1nc2c(N3C[C@@H]4C(N)[C@@H]4C3)c(NC(=O)c3ccc(=O)n(-c4c(F)cccc4F)n3)cc(F)c2n1C. The molecule has 2 fully saturated rings. The maximum absolute atomic E-state index is 15.5. The van der Waals surface area contributed by atoms with E-state index >= 15 is 4.39 Å². The number of nitrogens with two attached hydrogens (primary N) is 1. The van der Waals surface area contributed by atoms with Gasteiger partial charge in [0.05, 0.1) is 11.4 Å². The molecule has 3 heterocycles. The molecule has 0 radical (unpaired) electrons. The molecule has 2 aromatic heterocycles. The van der Waals surface area contributed by atoms with Crippen LogP contribution in [0.2, 0.25) is 0 Å². The van der Waals surface area contributed by atoms with Crippen molar-refractivity contribution in [2.75, 3.05) is 23.3 Å². The van der Waals surface area contributed by atoms with Crippen molar-refractivity contribution in [1.82, 2.24) is 19.3 Å². The van der Waals surface area contributed by atoms with Crippen molar-refractivity contribution < 1.29 is 18.0 Å². The maximum Gasteiger partial charge on any atom is 0.276 e. The fraction of sp³-hybridized carbons (Fsp3) is 0.333. The van der Waals surface area contributed by atoms with E-state index in [0.29, 0.717) is 52.2 Å². The fourth-order valence-corrected chi connectivity index (χ4v) is 5.60. The number of amides is 1. The third-order valence-corrected chi connectivity index (χ3v) is 7.63. The van der Waals surface area contributed by atoms with Gasteiger partial charge in [-0.3, -0.25) is 9.59 Å². The van der Waals surface area contributed by atoms with Crippen LogP contribution < -0.4 is 21.5 Å². The van der Waals surface area contributed by atoms with Gasteiger partial charge in [-0.2, -0.15) is 9.78 Å². The maximum atomic E-state index is 15.5. The van der Waals surface area contributed by atoms with Crippen LogP contribution in [0.3, 0.4) is 0 Å². The number of hydrogen-bond donors (Lipinski definition) is 2. The molecule has 1 aliphatic heterocycles. The highest BCUT2D eigenvalue weighted by Gasteiger charge is 2.54. The van der Waals surface area contributed by atoms with Gasteiger partial charge in [0, 0.05) is 44.2 Å². The number of aryl methyl sites for hydroxylation is 1. The first-order valence-electron chi connectivity index (χ1n) is 12.6. The summed E-state index contributed by atoms with van der Waals surface area (Å²) in [5.74, 6) is -2.06. The van der Waals surface area contributed by atoms with E-state index in [1.54, 1.807) is 11.6 Å². The second-order valence-electron chi connectivity index (χ2n) is 10.4. The van der Waals surface area contributed by atoms with Crippen LogP contribution in [0.15, 0.2) is 41.2 Å². The lowest BCUT2D eigenvalue weighted by molar-refractivity contribution is 0.102. The van der Waals surface area contributed by atoms with Crippen molar-refractivity contribution in [2.45, 2.75) is 25.8 Å². The Balaban J connectivity index is 1.44. The molecule has 0 bridgehead atoms. The van der Waals surface area contributed by atoms with E-state index in [9.17, 15) is 18.4 Å². The Bertz CT molecular complexity index is 1680. The lowest BCUT2D eigenvalue weighted by Gasteiger charge is -2.25. The van der Waals surface area contributed by atoms with Gasteiger partial charge in [-0.05, 0) is 30.0 Å². The van der Waals surface area contributed by atoms with Crippen molar-refractivity contribution in [1.29, 1.82) is 0 Å². The molecule has 1 unspecified atom stereocenters. The number of halogens is 3. The van der Waals surface area contributed by atoms with Crippen molar-refractivity contribution in [3.05, 3.63) is 75.7 Å². The van der Waals surface area contributed by atoms with E-state index < -0.39 is 34.6 Å². The van der Waals surface area contributed by atoms with Crippen LogP contribution in [-0.4, -0.2) is 44.4 Å². The zero-order chi connectivity index (χ0) is 27.7. The van der Waals surface area contributed by atoms with E-state index in [4.69, 9.17) is 10.7 Å². The molecule has 1 aliphatic carbocycles. The quantitative estimate of drug-likeness (QED) is 0.404. The minimum Gasteiger partial charge on any atom is -0.367 e. The number of para-hydroxylation sites is 1. The van der Waals surface area contributed by atoms with Gasteiger partial charge in [0.15, 0.2) is 17.5 Å². The van der Waals surface area contributed by atoms with Gasteiger partial charge in [-0.25, -0.2) is 18.2 Å². The predicted molar refractivity (Wildman–Crippen MR) is 140 cm³/mol. The zero-order valence-corrected chi connectivity index (χ0v) is 21.5. The summed E-state index contributed by atoms with van der Waals surface area (Å²) >= 11 is 0. The van der Waals surface area contributed by atoms with Crippen LogP contribution in [0.5, 0.6) is 0 Å². The molecule has 1 amide bonds. The number of nitrogens with one attached hydrogen (secondary N) is 1. The number of nitrogens with zero attached hydrogens (tertiary/aromatic N) is 5. The average molecular weight is 538 g/mol. The molecule has 1 saturated carbocycles. The van der Waals surface area contributed by atoms with Crippen molar-refractivity contribution in [2.24, 2.45) is 24.6 Å². The normalized spacial score (nSPS) is 20.1. The highest BCUT2D eigenvalue weighted by Crippen LogP contribution is 2.48. The Morgan fingerprint density at radius 3 is 2.36 bits per heavy atom. The number of benzene rings is 2. The Morgan fingerprint density at radius 2 is 1.72 bits per heavy atom. The number of aromatic nitrogens is 4. The average Bonchev–Trinajstić information content (AvgIpc) is 3.20. The van der Waals surface area contributed by atoms with E-state index in [-0.39, 0.29) is 23.3 Å². The summed E-state index contributed by atoms with van der Waals surface area (Å²) in [6, 6.07) is 6.60. The number of carbonyl (C=O) groups excluding carboxylic acids is 1. The highest BCUT2D eigenvalue weighted by molar-refractivity contribution is 6.08. The van der Waals surface area contributed by atoms with Crippen LogP contribution in [0, 0.1) is 29.3 Å². The van der Waals surface area contributed by atoms with Gasteiger partial charge in [0.2, 0.25) is 0 Å². The van der Waals surface area contributed by atoms with Crippen LogP contribution in [-0.2, 0) is 7.05 Å². The summed E-state index contributed by atoms with van der Waals surface area (Å²) < 4.78 is 46.4. The molecule has 2 aliphatic rings. The first-order chi connectivity index (χ1) is 18.6. The topological polar surface area (TPSA) is 111 Å². The van der Waals surface area contributed by atoms with Crippen molar-refractivity contribution in [3.8, 4) is 5.69 Å². The Labute approximate surface area is 221 Å². The smallest absolute Gasteiger partial charge is 0.276 e. The Kier molecular flexibility index (Phi) is 5.75. The monoisotopic (exact) mass is 537 g/mol. The molecular formula is C27H26F3N7O2. The molecule has 39 heavy (non-hydrogen) atoms. The molecule has 1 saturated heterocycles. The van der Waals surface area contributed by atoms with Crippen LogP contribution in [0.4, 0.5) is 24.5 Å². The van der Waals surface area contributed by atoms with Crippen LogP contribution >= 0.6 is 0 Å². The van der Waals surface area contributed by atoms with Crippen LogP contribution in [0.1, 0.15) is 36.1 Å². The molecule has 3 atom stereocenters. The van der Waals surface area contributed by atoms with Gasteiger partial charge in [0.1, 0.15) is 28.2 Å². The molecule has 3 N–H and O–H groups in total. The number of fused-ring (bicyclic) bond motifs is 2. The molecule has 12 heteroatoms. The fourth-order valence-electron chi connectivity index (χ4n) is 5.60. The first-order valence-corrected chi connectivity index (χ1v) is 12.6. The predicted octanol–water partition coefficient (Wildman–Crippen LogP) is 3.31. The van der Waals surface area contributed by atoms with E-state index in [0.717, 1.165) is 30.3 Å². The van der Waals surface area contributed by atoms with E-state index in [1.807, 2.05) is 13.8 Å². The van der Waals surface area contributed by atoms with E-state index in [1.165, 1.54) is 6.07 Å². The summed E-state index contributed by atoms with van der Waals surface area (Å²) in [6.45, 7) is 5.20. The second-order valence-corrected chi connectivity index (χ2v) is 10.4. The van der Waals surface area contributed by atoms with Crippen molar-refractivity contribution >= 4 is 28.3 Å². The molecule has 4 aromatic rings. The van der Waals surface area contributed by atoms with Gasteiger partial charge in [-0.15, -0.1) is 0 Å².